The van der Waals surface area contributed by atoms with Gasteiger partial charge in [-0.25, -0.2) is 4.79 Å². The van der Waals surface area contributed by atoms with Crippen molar-refractivity contribution in [1.82, 2.24) is 8.75 Å². The Bertz CT molecular complexity index is 641. The summed E-state index contributed by atoms with van der Waals surface area (Å²) in [4.78, 5) is 21.6. The van der Waals surface area contributed by atoms with E-state index in [-0.39, 0.29) is 11.5 Å². The van der Waals surface area contributed by atoms with E-state index in [1.807, 2.05) is 6.92 Å². The first-order chi connectivity index (χ1) is 10.1. The molecule has 0 spiro atoms. The molecule has 0 saturated heterocycles. The van der Waals surface area contributed by atoms with Crippen LogP contribution in [-0.4, -0.2) is 26.4 Å². The van der Waals surface area contributed by atoms with Crippen LogP contribution in [0.1, 0.15) is 13.3 Å². The van der Waals surface area contributed by atoms with E-state index < -0.39 is 11.0 Å². The predicted molar refractivity (Wildman–Crippen MR) is 77.3 cm³/mol. The molecule has 0 atom stereocenters. The first kappa shape index (κ1) is 14.9. The number of hydrogen-bond acceptors (Lipinski definition) is 7. The highest BCUT2D eigenvalue weighted by atomic mass is 32.1. The maximum Gasteiger partial charge on any atom is 0.412 e. The summed E-state index contributed by atoms with van der Waals surface area (Å²) < 4.78 is 13.0. The molecular weight excluding hydrogens is 296 g/mol. The first-order valence-electron chi connectivity index (χ1n) is 6.13. The van der Waals surface area contributed by atoms with Crippen LogP contribution in [0.4, 0.5) is 16.3 Å². The van der Waals surface area contributed by atoms with E-state index >= 15 is 0 Å². The van der Waals surface area contributed by atoms with E-state index in [0.29, 0.717) is 17.9 Å². The molecule has 1 amide bonds. The minimum Gasteiger partial charge on any atom is -0.449 e. The van der Waals surface area contributed by atoms with Crippen LogP contribution in [-0.2, 0) is 4.74 Å². The number of rotatable bonds is 5. The van der Waals surface area contributed by atoms with Crippen LogP contribution in [0.3, 0.4) is 0 Å². The maximum absolute atomic E-state index is 11.5. The number of anilines is 1. The summed E-state index contributed by atoms with van der Waals surface area (Å²) in [6, 6.07) is 5.84. The molecule has 1 aromatic carbocycles. The molecule has 8 nitrogen and oxygen atoms in total. The summed E-state index contributed by atoms with van der Waals surface area (Å²) in [6.45, 7) is 2.20. The van der Waals surface area contributed by atoms with E-state index in [1.165, 1.54) is 12.1 Å². The lowest BCUT2D eigenvalue weighted by Crippen LogP contribution is -2.14. The molecule has 0 radical (unpaired) electrons. The molecule has 0 bridgehead atoms. The van der Waals surface area contributed by atoms with E-state index in [1.54, 1.807) is 12.1 Å². The maximum atomic E-state index is 11.5. The summed E-state index contributed by atoms with van der Waals surface area (Å²) in [6.07, 6.45) is 0.116. The Hall–Kier alpha value is -2.55. The van der Waals surface area contributed by atoms with Gasteiger partial charge in [0.1, 0.15) is 5.69 Å². The van der Waals surface area contributed by atoms with Crippen molar-refractivity contribution < 1.29 is 14.5 Å². The average Bonchev–Trinajstić information content (AvgIpc) is 2.93. The Morgan fingerprint density at radius 2 is 2.10 bits per heavy atom. The molecule has 0 aliphatic carbocycles. The number of hydrogen-bond donors (Lipinski definition) is 1. The largest absolute Gasteiger partial charge is 0.449 e. The fraction of sp³-hybridized carbons (Fsp3) is 0.250. The summed E-state index contributed by atoms with van der Waals surface area (Å²) in [5, 5.41) is 13.1. The van der Waals surface area contributed by atoms with Gasteiger partial charge in [-0.15, -0.1) is 0 Å². The molecule has 2 aromatic rings. The number of carbonyl (C=O) groups excluding carboxylic acids is 1. The monoisotopic (exact) mass is 308 g/mol. The highest BCUT2D eigenvalue weighted by molar-refractivity contribution is 6.99. The van der Waals surface area contributed by atoms with Crippen LogP contribution >= 0.6 is 11.7 Å². The van der Waals surface area contributed by atoms with Crippen LogP contribution in [0, 0.1) is 10.1 Å². The van der Waals surface area contributed by atoms with Crippen molar-refractivity contribution >= 4 is 29.3 Å². The number of benzene rings is 1. The number of non-ortho nitro benzene ring substituents is 1. The minimum atomic E-state index is -0.604. The third kappa shape index (κ3) is 3.72. The molecule has 0 unspecified atom stereocenters. The lowest BCUT2D eigenvalue weighted by atomic mass is 10.1. The SMILES string of the molecule is CCCOC(=O)Nc1nsnc1-c1ccc([N+](=O)[O-])cc1. The molecule has 110 valence electrons. The zero-order valence-corrected chi connectivity index (χ0v) is 11.9. The average molecular weight is 308 g/mol. The lowest BCUT2D eigenvalue weighted by Gasteiger charge is -2.05. The Balaban J connectivity index is 2.16. The Labute approximate surface area is 124 Å². The fourth-order valence-corrected chi connectivity index (χ4v) is 2.06. The van der Waals surface area contributed by atoms with Crippen LogP contribution in [0.2, 0.25) is 0 Å². The Kier molecular flexibility index (Phi) is 4.77. The standard InChI is InChI=1S/C12H12N4O4S/c1-2-7-20-12(17)13-11-10(14-21-15-11)8-3-5-9(6-4-8)16(18)19/h3-6H,2,7H2,1H3,(H,13,15,17). The second kappa shape index (κ2) is 6.75. The van der Waals surface area contributed by atoms with Crippen molar-refractivity contribution in [3.05, 3.63) is 34.4 Å². The number of amides is 1. The third-order valence-electron chi connectivity index (χ3n) is 2.50. The highest BCUT2D eigenvalue weighted by Crippen LogP contribution is 2.27. The zero-order chi connectivity index (χ0) is 15.2. The summed E-state index contributed by atoms with van der Waals surface area (Å²) in [7, 11) is 0. The summed E-state index contributed by atoms with van der Waals surface area (Å²) in [5.41, 5.74) is 1.06. The van der Waals surface area contributed by atoms with Crippen molar-refractivity contribution in [2.75, 3.05) is 11.9 Å². The number of carbonyl (C=O) groups is 1. The molecule has 0 aliphatic heterocycles. The Morgan fingerprint density at radius 3 is 2.71 bits per heavy atom. The van der Waals surface area contributed by atoms with Gasteiger partial charge in [0.2, 0.25) is 0 Å². The van der Waals surface area contributed by atoms with Gasteiger partial charge in [-0.05, 0) is 18.6 Å². The van der Waals surface area contributed by atoms with Crippen LogP contribution < -0.4 is 5.32 Å². The van der Waals surface area contributed by atoms with Crippen LogP contribution in [0.15, 0.2) is 24.3 Å². The van der Waals surface area contributed by atoms with E-state index in [0.717, 1.165) is 18.1 Å². The normalized spacial score (nSPS) is 10.1. The quantitative estimate of drug-likeness (QED) is 0.671. The molecule has 1 N–H and O–H groups in total. The van der Waals surface area contributed by atoms with Crippen LogP contribution in [0.25, 0.3) is 11.3 Å². The van der Waals surface area contributed by atoms with Crippen molar-refractivity contribution in [2.45, 2.75) is 13.3 Å². The smallest absolute Gasteiger partial charge is 0.412 e. The number of ether oxygens (including phenoxy) is 1. The van der Waals surface area contributed by atoms with Gasteiger partial charge in [0.05, 0.1) is 23.3 Å². The molecule has 21 heavy (non-hydrogen) atoms. The zero-order valence-electron chi connectivity index (χ0n) is 11.1. The number of nitro benzene ring substituents is 1. The van der Waals surface area contributed by atoms with Crippen molar-refractivity contribution in [3.8, 4) is 11.3 Å². The number of nitro groups is 1. The second-order valence-corrected chi connectivity index (χ2v) is 4.55. The van der Waals surface area contributed by atoms with Crippen molar-refractivity contribution in [1.29, 1.82) is 0 Å². The molecular formula is C12H12N4O4S. The molecule has 0 saturated carbocycles. The molecule has 9 heteroatoms. The van der Waals surface area contributed by atoms with Crippen molar-refractivity contribution in [2.24, 2.45) is 0 Å². The molecule has 1 heterocycles. The van der Waals surface area contributed by atoms with E-state index in [4.69, 9.17) is 4.74 Å². The number of nitrogens with zero attached hydrogens (tertiary/aromatic N) is 3. The van der Waals surface area contributed by atoms with E-state index in [2.05, 4.69) is 14.1 Å². The predicted octanol–water partition coefficient (Wildman–Crippen LogP) is 3.07. The molecule has 2 rings (SSSR count). The summed E-state index contributed by atoms with van der Waals surface area (Å²) in [5.74, 6) is 0.273. The van der Waals surface area contributed by atoms with Gasteiger partial charge in [0.25, 0.3) is 5.69 Å². The lowest BCUT2D eigenvalue weighted by molar-refractivity contribution is -0.384. The molecule has 0 fully saturated rings. The fourth-order valence-electron chi connectivity index (χ4n) is 1.53. The first-order valence-corrected chi connectivity index (χ1v) is 6.86. The highest BCUT2D eigenvalue weighted by Gasteiger charge is 2.15. The third-order valence-corrected chi connectivity index (χ3v) is 3.03. The van der Waals surface area contributed by atoms with Crippen molar-refractivity contribution in [3.63, 3.8) is 0 Å². The topological polar surface area (TPSA) is 107 Å². The van der Waals surface area contributed by atoms with Gasteiger partial charge in [0.15, 0.2) is 5.82 Å². The van der Waals surface area contributed by atoms with Gasteiger partial charge in [-0.1, -0.05) is 6.92 Å². The number of aromatic nitrogens is 2. The van der Waals surface area contributed by atoms with E-state index in [9.17, 15) is 14.9 Å². The number of nitrogens with one attached hydrogen (secondary N) is 1. The van der Waals surface area contributed by atoms with Gasteiger partial charge < -0.3 is 4.74 Å². The molecule has 1 aromatic heterocycles. The van der Waals surface area contributed by atoms with Gasteiger partial charge >= 0.3 is 6.09 Å². The van der Waals surface area contributed by atoms with Crippen LogP contribution in [0.5, 0.6) is 0 Å². The minimum absolute atomic E-state index is 0.0150. The second-order valence-electron chi connectivity index (χ2n) is 4.03. The molecule has 0 aliphatic rings. The van der Waals surface area contributed by atoms with Gasteiger partial charge in [0, 0.05) is 17.7 Å². The summed E-state index contributed by atoms with van der Waals surface area (Å²) >= 11 is 0.933. The Morgan fingerprint density at radius 1 is 1.38 bits per heavy atom. The van der Waals surface area contributed by atoms with Gasteiger partial charge in [-0.3, -0.25) is 15.4 Å². The van der Waals surface area contributed by atoms with Gasteiger partial charge in [-0.2, -0.15) is 8.75 Å².